The molecule has 1 aromatic carbocycles. The summed E-state index contributed by atoms with van der Waals surface area (Å²) in [6.45, 7) is 0.350. The SMILES string of the molecule is CO[C@@H](C(=O)NCc1csc(-c2ccco2)n1)c1ccccc1. The number of nitrogens with zero attached hydrogens (tertiary/aromatic N) is 1. The molecule has 3 aromatic rings. The molecule has 0 aliphatic carbocycles. The predicted octanol–water partition coefficient (Wildman–Crippen LogP) is 3.41. The van der Waals surface area contributed by atoms with Gasteiger partial charge in [0.1, 0.15) is 0 Å². The molecule has 0 bridgehead atoms. The molecule has 3 rings (SSSR count). The molecule has 0 saturated heterocycles. The van der Waals surface area contributed by atoms with E-state index < -0.39 is 6.10 Å². The molecule has 0 aliphatic rings. The highest BCUT2D eigenvalue weighted by atomic mass is 32.1. The molecule has 0 spiro atoms. The van der Waals surface area contributed by atoms with Crippen LogP contribution in [-0.2, 0) is 16.1 Å². The van der Waals surface area contributed by atoms with E-state index in [1.165, 1.54) is 18.4 Å². The van der Waals surface area contributed by atoms with Crippen molar-refractivity contribution in [1.82, 2.24) is 10.3 Å². The molecule has 6 heteroatoms. The molecule has 5 nitrogen and oxygen atoms in total. The number of hydrogen-bond acceptors (Lipinski definition) is 5. The van der Waals surface area contributed by atoms with E-state index in [2.05, 4.69) is 10.3 Å². The average Bonchev–Trinajstić information content (AvgIpc) is 3.26. The third kappa shape index (κ3) is 3.67. The molecule has 0 fully saturated rings. The first-order valence-electron chi connectivity index (χ1n) is 7.11. The molecular formula is C17H16N2O3S. The second kappa shape index (κ2) is 7.21. The molecule has 2 aromatic heterocycles. The summed E-state index contributed by atoms with van der Waals surface area (Å²) in [5.41, 5.74) is 1.61. The summed E-state index contributed by atoms with van der Waals surface area (Å²) in [5.74, 6) is 0.540. The smallest absolute Gasteiger partial charge is 0.254 e. The van der Waals surface area contributed by atoms with E-state index in [1.54, 1.807) is 6.26 Å². The fourth-order valence-electron chi connectivity index (χ4n) is 2.19. The Balaban J connectivity index is 1.62. The van der Waals surface area contributed by atoms with Gasteiger partial charge in [0.15, 0.2) is 16.9 Å². The molecule has 0 aliphatic heterocycles. The van der Waals surface area contributed by atoms with Crippen molar-refractivity contribution in [3.8, 4) is 10.8 Å². The standard InChI is InChI=1S/C17H16N2O3S/c1-21-15(12-6-3-2-4-7-12)16(20)18-10-13-11-23-17(19-13)14-8-5-9-22-14/h2-9,11,15H,10H2,1H3,(H,18,20)/t15-/m1/s1. The number of benzene rings is 1. The van der Waals surface area contributed by atoms with Gasteiger partial charge in [-0.15, -0.1) is 11.3 Å². The minimum Gasteiger partial charge on any atom is -0.462 e. The van der Waals surface area contributed by atoms with Crippen LogP contribution in [0.15, 0.2) is 58.5 Å². The Bertz CT molecular complexity index is 753. The lowest BCUT2D eigenvalue weighted by molar-refractivity contribution is -0.131. The summed E-state index contributed by atoms with van der Waals surface area (Å²) in [5, 5.41) is 5.56. The number of carbonyl (C=O) groups excluding carboxylic acids is 1. The summed E-state index contributed by atoms with van der Waals surface area (Å²) in [6.07, 6.45) is 0.987. The number of aromatic nitrogens is 1. The third-order valence-corrected chi connectivity index (χ3v) is 4.21. The van der Waals surface area contributed by atoms with E-state index in [9.17, 15) is 4.79 Å². The highest BCUT2D eigenvalue weighted by Gasteiger charge is 2.19. The van der Waals surface area contributed by atoms with E-state index in [0.29, 0.717) is 6.54 Å². The maximum atomic E-state index is 12.3. The Morgan fingerprint density at radius 3 is 2.83 bits per heavy atom. The van der Waals surface area contributed by atoms with Gasteiger partial charge >= 0.3 is 0 Å². The van der Waals surface area contributed by atoms with Crippen molar-refractivity contribution in [3.05, 3.63) is 65.4 Å². The Labute approximate surface area is 137 Å². The number of nitrogens with one attached hydrogen (secondary N) is 1. The van der Waals surface area contributed by atoms with E-state index >= 15 is 0 Å². The summed E-state index contributed by atoms with van der Waals surface area (Å²) < 4.78 is 10.6. The second-order valence-corrected chi connectivity index (χ2v) is 5.72. The van der Waals surface area contributed by atoms with Crippen LogP contribution in [0, 0.1) is 0 Å². The van der Waals surface area contributed by atoms with E-state index in [-0.39, 0.29) is 5.91 Å². The van der Waals surface area contributed by atoms with Crippen molar-refractivity contribution >= 4 is 17.2 Å². The highest BCUT2D eigenvalue weighted by molar-refractivity contribution is 7.13. The summed E-state index contributed by atoms with van der Waals surface area (Å²) in [4.78, 5) is 16.8. The zero-order valence-corrected chi connectivity index (χ0v) is 13.4. The molecule has 0 unspecified atom stereocenters. The van der Waals surface area contributed by atoms with Gasteiger partial charge in [0.05, 0.1) is 18.5 Å². The summed E-state index contributed by atoms with van der Waals surface area (Å²) in [6, 6.07) is 13.1. The van der Waals surface area contributed by atoms with Crippen molar-refractivity contribution in [2.75, 3.05) is 7.11 Å². The summed E-state index contributed by atoms with van der Waals surface area (Å²) in [7, 11) is 1.52. The number of thiazole rings is 1. The Morgan fingerprint density at radius 1 is 1.30 bits per heavy atom. The number of carbonyl (C=O) groups is 1. The molecule has 23 heavy (non-hydrogen) atoms. The van der Waals surface area contributed by atoms with Crippen molar-refractivity contribution in [2.24, 2.45) is 0 Å². The minimum atomic E-state index is -0.626. The lowest BCUT2D eigenvalue weighted by atomic mass is 10.1. The molecule has 1 amide bonds. The first-order valence-corrected chi connectivity index (χ1v) is 7.99. The largest absolute Gasteiger partial charge is 0.462 e. The van der Waals surface area contributed by atoms with Gasteiger partial charge in [-0.3, -0.25) is 4.79 Å². The Hall–Kier alpha value is -2.44. The number of rotatable bonds is 6. The number of ether oxygens (including phenoxy) is 1. The third-order valence-electron chi connectivity index (χ3n) is 3.30. The maximum Gasteiger partial charge on any atom is 0.254 e. The molecule has 0 saturated carbocycles. The summed E-state index contributed by atoms with van der Waals surface area (Å²) >= 11 is 1.48. The van der Waals surface area contributed by atoms with E-state index in [1.807, 2.05) is 47.8 Å². The molecule has 118 valence electrons. The Kier molecular flexibility index (Phi) is 4.85. The topological polar surface area (TPSA) is 64.4 Å². The van der Waals surface area contributed by atoms with Gasteiger partial charge < -0.3 is 14.5 Å². The van der Waals surface area contributed by atoms with Crippen LogP contribution in [0.1, 0.15) is 17.4 Å². The zero-order chi connectivity index (χ0) is 16.1. The number of amides is 1. The molecule has 1 atom stereocenters. The lowest BCUT2D eigenvalue weighted by Crippen LogP contribution is -2.30. The van der Waals surface area contributed by atoms with Gasteiger partial charge in [-0.25, -0.2) is 4.98 Å². The highest BCUT2D eigenvalue weighted by Crippen LogP contribution is 2.24. The molecule has 0 radical (unpaired) electrons. The average molecular weight is 328 g/mol. The van der Waals surface area contributed by atoms with Gasteiger partial charge in [0, 0.05) is 12.5 Å². The van der Waals surface area contributed by atoms with Gasteiger partial charge in [-0.05, 0) is 17.7 Å². The van der Waals surface area contributed by atoms with Gasteiger partial charge in [-0.1, -0.05) is 30.3 Å². The Morgan fingerprint density at radius 2 is 2.13 bits per heavy atom. The van der Waals surface area contributed by atoms with E-state index in [0.717, 1.165) is 22.0 Å². The quantitative estimate of drug-likeness (QED) is 0.753. The number of furan rings is 1. The van der Waals surface area contributed by atoms with Crippen LogP contribution in [0.4, 0.5) is 0 Å². The van der Waals surface area contributed by atoms with Crippen LogP contribution in [0.2, 0.25) is 0 Å². The fourth-order valence-corrected chi connectivity index (χ4v) is 2.98. The van der Waals surface area contributed by atoms with Crippen molar-refractivity contribution in [3.63, 3.8) is 0 Å². The first kappa shape index (κ1) is 15.5. The van der Waals surface area contributed by atoms with E-state index in [4.69, 9.17) is 9.15 Å². The lowest BCUT2D eigenvalue weighted by Gasteiger charge is -2.15. The predicted molar refractivity (Wildman–Crippen MR) is 87.9 cm³/mol. The number of methoxy groups -OCH3 is 1. The van der Waals surface area contributed by atoms with Crippen molar-refractivity contribution < 1.29 is 13.9 Å². The fraction of sp³-hybridized carbons (Fsp3) is 0.176. The number of hydrogen-bond donors (Lipinski definition) is 1. The van der Waals surface area contributed by atoms with Gasteiger partial charge in [-0.2, -0.15) is 0 Å². The van der Waals surface area contributed by atoms with Crippen LogP contribution in [0.3, 0.4) is 0 Å². The van der Waals surface area contributed by atoms with Gasteiger partial charge in [0.2, 0.25) is 0 Å². The molecular weight excluding hydrogens is 312 g/mol. The molecule has 2 heterocycles. The monoisotopic (exact) mass is 328 g/mol. The normalized spacial score (nSPS) is 12.0. The van der Waals surface area contributed by atoms with Crippen molar-refractivity contribution in [1.29, 1.82) is 0 Å². The van der Waals surface area contributed by atoms with Crippen LogP contribution in [0.25, 0.3) is 10.8 Å². The minimum absolute atomic E-state index is 0.189. The second-order valence-electron chi connectivity index (χ2n) is 4.87. The van der Waals surface area contributed by atoms with Crippen LogP contribution >= 0.6 is 11.3 Å². The van der Waals surface area contributed by atoms with Crippen LogP contribution in [-0.4, -0.2) is 18.0 Å². The maximum absolute atomic E-state index is 12.3. The molecule has 1 N–H and O–H groups in total. The zero-order valence-electron chi connectivity index (χ0n) is 12.6. The van der Waals surface area contributed by atoms with Gasteiger partial charge in [0.25, 0.3) is 5.91 Å². The van der Waals surface area contributed by atoms with Crippen molar-refractivity contribution in [2.45, 2.75) is 12.6 Å². The van der Waals surface area contributed by atoms with Crippen LogP contribution in [0.5, 0.6) is 0 Å². The van der Waals surface area contributed by atoms with Crippen LogP contribution < -0.4 is 5.32 Å². The first-order chi connectivity index (χ1) is 11.3.